The summed E-state index contributed by atoms with van der Waals surface area (Å²) in [5, 5.41) is 15.7. The number of aliphatic carboxylic acids is 1. The van der Waals surface area contributed by atoms with Crippen molar-refractivity contribution in [3.63, 3.8) is 0 Å². The van der Waals surface area contributed by atoms with Gasteiger partial charge in [0.1, 0.15) is 11.4 Å². The van der Waals surface area contributed by atoms with Gasteiger partial charge in [-0.1, -0.05) is 31.5 Å². The Labute approximate surface area is 201 Å². The summed E-state index contributed by atoms with van der Waals surface area (Å²) in [6.07, 6.45) is 4.04. The van der Waals surface area contributed by atoms with Gasteiger partial charge >= 0.3 is 5.97 Å². The topological polar surface area (TPSA) is 109 Å². The number of carboxylic acid groups (broad SMARTS) is 1. The van der Waals surface area contributed by atoms with Crippen LogP contribution in [0, 0.1) is 5.92 Å². The minimum atomic E-state index is -0.992. The average Bonchev–Trinajstić information content (AvgIpc) is 3.52. The van der Waals surface area contributed by atoms with E-state index < -0.39 is 12.5 Å². The van der Waals surface area contributed by atoms with Gasteiger partial charge in [0.25, 0.3) is 5.91 Å². The lowest BCUT2D eigenvalue weighted by Gasteiger charge is -2.27. The first-order valence-electron chi connectivity index (χ1n) is 12.1. The molecule has 8 nitrogen and oxygen atoms in total. The number of aromatic amines is 1. The lowest BCUT2D eigenvalue weighted by Crippen LogP contribution is -2.36. The minimum absolute atomic E-state index is 0.176. The Morgan fingerprint density at radius 2 is 2.00 bits per heavy atom. The predicted molar refractivity (Wildman–Crippen MR) is 129 cm³/mol. The molecule has 2 heterocycles. The molecule has 34 heavy (non-hydrogen) atoms. The monoisotopic (exact) mass is 468 g/mol. The van der Waals surface area contributed by atoms with Gasteiger partial charge in [0, 0.05) is 30.6 Å². The molecular weight excluding hydrogens is 434 g/mol. The molecule has 0 saturated heterocycles. The van der Waals surface area contributed by atoms with Crippen LogP contribution in [0.15, 0.2) is 53.1 Å². The molecule has 8 heteroatoms. The van der Waals surface area contributed by atoms with Gasteiger partial charge in [0.05, 0.1) is 14.2 Å². The van der Waals surface area contributed by atoms with Gasteiger partial charge in [-0.2, -0.15) is 5.10 Å². The highest BCUT2D eigenvalue weighted by molar-refractivity contribution is 5.93. The van der Waals surface area contributed by atoms with Crippen LogP contribution in [0.2, 0.25) is 0 Å². The average molecular weight is 469 g/mol. The Hall–Kier alpha value is -3.55. The zero-order chi connectivity index (χ0) is 25.4. The maximum Gasteiger partial charge on any atom is 0.303 e. The molecule has 1 aromatic carbocycles. The van der Waals surface area contributed by atoms with Gasteiger partial charge in [0.15, 0.2) is 11.5 Å². The first-order valence-corrected chi connectivity index (χ1v) is 11.6. The van der Waals surface area contributed by atoms with Crippen molar-refractivity contribution in [3.8, 4) is 17.2 Å². The van der Waals surface area contributed by atoms with Crippen LogP contribution in [0.3, 0.4) is 0 Å². The number of furan rings is 1. The van der Waals surface area contributed by atoms with Gasteiger partial charge in [0.2, 0.25) is 0 Å². The van der Waals surface area contributed by atoms with E-state index in [4.69, 9.17) is 15.6 Å². The maximum atomic E-state index is 13.4. The van der Waals surface area contributed by atoms with Gasteiger partial charge in [-0.15, -0.1) is 0 Å². The van der Waals surface area contributed by atoms with Gasteiger partial charge in [-0.05, 0) is 50.8 Å². The highest BCUT2D eigenvalue weighted by Gasteiger charge is 2.23. The van der Waals surface area contributed by atoms with Crippen LogP contribution in [0.5, 0.6) is 5.75 Å². The van der Waals surface area contributed by atoms with Crippen LogP contribution in [-0.4, -0.2) is 44.7 Å². The van der Waals surface area contributed by atoms with Crippen molar-refractivity contribution < 1.29 is 25.2 Å². The maximum absolute atomic E-state index is 13.4. The zero-order valence-electron chi connectivity index (χ0n) is 20.9. The van der Waals surface area contributed by atoms with Crippen molar-refractivity contribution in [2.45, 2.75) is 59.0 Å². The number of unbranched alkanes of at least 4 members (excludes halogenated alkanes) is 1. The van der Waals surface area contributed by atoms with E-state index in [1.807, 2.05) is 26.0 Å². The highest BCUT2D eigenvalue weighted by Crippen LogP contribution is 2.24. The van der Waals surface area contributed by atoms with Crippen molar-refractivity contribution in [1.82, 2.24) is 15.1 Å². The molecule has 0 aliphatic heterocycles. The molecule has 0 radical (unpaired) electrons. The second-order valence-corrected chi connectivity index (χ2v) is 8.67. The fourth-order valence-corrected chi connectivity index (χ4v) is 3.52. The SMILES string of the molecule is [2H]C(c1ccccc1OC[C@H](C)CCCCC(=O)O)N(C(=O)c1cc(-c2ccco2)[nH]n1)C(C)C. The largest absolute Gasteiger partial charge is 0.493 e. The summed E-state index contributed by atoms with van der Waals surface area (Å²) in [6.45, 7) is 5.23. The number of carbonyl (C=O) groups is 2. The van der Waals surface area contributed by atoms with Crippen molar-refractivity contribution in [1.29, 1.82) is 0 Å². The molecular formula is C26H33N3O5. The summed E-state index contributed by atoms with van der Waals surface area (Å²) >= 11 is 0. The normalized spacial score (nSPS) is 13.4. The number of hydrogen-bond donors (Lipinski definition) is 2. The molecule has 182 valence electrons. The lowest BCUT2D eigenvalue weighted by atomic mass is 10.0. The number of para-hydroxylation sites is 1. The number of H-pyrrole nitrogens is 1. The lowest BCUT2D eigenvalue weighted by molar-refractivity contribution is -0.137. The molecule has 3 rings (SSSR count). The number of benzene rings is 1. The van der Waals surface area contributed by atoms with E-state index in [0.717, 1.165) is 12.8 Å². The predicted octanol–water partition coefficient (Wildman–Crippen LogP) is 5.38. The number of carboxylic acids is 1. The Morgan fingerprint density at radius 3 is 2.71 bits per heavy atom. The van der Waals surface area contributed by atoms with E-state index in [1.54, 1.807) is 36.6 Å². The number of rotatable bonds is 13. The number of ether oxygens (including phenoxy) is 1. The smallest absolute Gasteiger partial charge is 0.303 e. The molecule has 0 spiro atoms. The number of aromatic nitrogens is 2. The minimum Gasteiger partial charge on any atom is -0.493 e. The molecule has 2 atom stereocenters. The molecule has 0 bridgehead atoms. The molecule has 0 saturated carbocycles. The fourth-order valence-electron chi connectivity index (χ4n) is 3.52. The molecule has 0 aliphatic rings. The standard InChI is InChI=1S/C26H33N3O5/c1-18(2)29(26(32)22-15-21(27-28-22)24-12-8-14-33-24)16-20-10-5-6-11-23(20)34-17-19(3)9-4-7-13-25(30)31/h5-6,8,10-12,14-15,18-19H,4,7,9,13,16-17H2,1-3H3,(H,27,28)(H,30,31)/t19-/m1/s1/i16D/t16?,19-. The van der Waals surface area contributed by atoms with E-state index in [0.29, 0.717) is 35.8 Å². The number of nitrogens with zero attached hydrogens (tertiary/aromatic N) is 2. The van der Waals surface area contributed by atoms with Crippen LogP contribution in [0.1, 0.15) is 63.9 Å². The van der Waals surface area contributed by atoms with E-state index in [1.165, 1.54) is 4.90 Å². The van der Waals surface area contributed by atoms with Gasteiger partial charge < -0.3 is 19.2 Å². The Balaban J connectivity index is 1.70. The van der Waals surface area contributed by atoms with Crippen LogP contribution < -0.4 is 4.74 Å². The van der Waals surface area contributed by atoms with E-state index in [2.05, 4.69) is 17.1 Å². The molecule has 0 fully saturated rings. The summed E-state index contributed by atoms with van der Waals surface area (Å²) in [6, 6.07) is 12.2. The van der Waals surface area contributed by atoms with Gasteiger partial charge in [-0.3, -0.25) is 14.7 Å². The van der Waals surface area contributed by atoms with Gasteiger partial charge in [-0.25, -0.2) is 0 Å². The molecule has 2 N–H and O–H groups in total. The first-order chi connectivity index (χ1) is 16.8. The number of nitrogens with one attached hydrogen (secondary N) is 1. The van der Waals surface area contributed by atoms with Crippen LogP contribution in [0.4, 0.5) is 0 Å². The van der Waals surface area contributed by atoms with Crippen LogP contribution in [-0.2, 0) is 11.3 Å². The van der Waals surface area contributed by atoms with Crippen LogP contribution in [0.25, 0.3) is 11.5 Å². The Bertz CT molecular complexity index is 1100. The van der Waals surface area contributed by atoms with Crippen molar-refractivity contribution in [2.75, 3.05) is 6.61 Å². The molecule has 1 amide bonds. The summed E-state index contributed by atoms with van der Waals surface area (Å²) in [4.78, 5) is 25.5. The summed E-state index contributed by atoms with van der Waals surface area (Å²) < 4.78 is 20.4. The number of hydrogen-bond acceptors (Lipinski definition) is 5. The van der Waals surface area contributed by atoms with E-state index in [9.17, 15) is 9.59 Å². The third kappa shape index (κ3) is 6.97. The quantitative estimate of drug-likeness (QED) is 0.326. The zero-order valence-corrected chi connectivity index (χ0v) is 19.9. The number of carbonyl (C=O) groups excluding carboxylic acids is 1. The molecule has 1 unspecified atom stereocenters. The van der Waals surface area contributed by atoms with E-state index >= 15 is 0 Å². The Morgan fingerprint density at radius 1 is 1.21 bits per heavy atom. The summed E-state index contributed by atoms with van der Waals surface area (Å²) in [5.74, 6) is 0.219. The molecule has 0 aliphatic carbocycles. The highest BCUT2D eigenvalue weighted by atomic mass is 16.5. The summed E-state index contributed by atoms with van der Waals surface area (Å²) in [5.41, 5.74) is 1.38. The Kier molecular flexibility index (Phi) is 8.38. The second-order valence-electron chi connectivity index (χ2n) is 8.67. The third-order valence-corrected chi connectivity index (χ3v) is 5.43. The van der Waals surface area contributed by atoms with E-state index in [-0.39, 0.29) is 30.0 Å². The number of amides is 1. The van der Waals surface area contributed by atoms with Crippen molar-refractivity contribution >= 4 is 11.9 Å². The molecule has 3 aromatic rings. The third-order valence-electron chi connectivity index (χ3n) is 5.43. The first kappa shape index (κ1) is 23.6. The summed E-state index contributed by atoms with van der Waals surface area (Å²) in [7, 11) is 0. The second kappa shape index (κ2) is 12.1. The molecule has 2 aromatic heterocycles. The van der Waals surface area contributed by atoms with Crippen molar-refractivity contribution in [2.24, 2.45) is 5.92 Å². The fraction of sp³-hybridized carbons (Fsp3) is 0.423. The van der Waals surface area contributed by atoms with Crippen LogP contribution >= 0.6 is 0 Å². The van der Waals surface area contributed by atoms with Crippen molar-refractivity contribution in [3.05, 3.63) is 60.0 Å².